The van der Waals surface area contributed by atoms with E-state index in [-0.39, 0.29) is 0 Å². The summed E-state index contributed by atoms with van der Waals surface area (Å²) in [5.41, 5.74) is 7.22. The van der Waals surface area contributed by atoms with E-state index in [1.165, 1.54) is 11.3 Å². The van der Waals surface area contributed by atoms with Gasteiger partial charge in [0.25, 0.3) is 0 Å². The van der Waals surface area contributed by atoms with Gasteiger partial charge in [-0.1, -0.05) is 24.3 Å². The second kappa shape index (κ2) is 9.03. The third-order valence-electron chi connectivity index (χ3n) is 3.68. The van der Waals surface area contributed by atoms with Crippen LogP contribution in [0.4, 0.5) is 11.4 Å². The number of rotatable bonds is 6. The minimum absolute atomic E-state index is 0.469. The van der Waals surface area contributed by atoms with Crippen molar-refractivity contribution in [3.8, 4) is 0 Å². The van der Waals surface area contributed by atoms with Crippen LogP contribution >= 0.6 is 12.2 Å². The van der Waals surface area contributed by atoms with Gasteiger partial charge >= 0.3 is 0 Å². The predicted molar refractivity (Wildman–Crippen MR) is 108 cm³/mol. The summed E-state index contributed by atoms with van der Waals surface area (Å²) in [6.45, 7) is 8.37. The monoisotopic (exact) mass is 340 g/mol. The molecule has 2 rings (SSSR count). The van der Waals surface area contributed by atoms with Gasteiger partial charge in [-0.15, -0.1) is 0 Å². The van der Waals surface area contributed by atoms with Gasteiger partial charge in [0.05, 0.1) is 6.21 Å². The number of aryl methyl sites for hydroxylation is 1. The first-order valence-electron chi connectivity index (χ1n) is 8.14. The van der Waals surface area contributed by atoms with Crippen LogP contribution in [0, 0.1) is 6.92 Å². The predicted octanol–water partition coefficient (Wildman–Crippen LogP) is 4.16. The van der Waals surface area contributed by atoms with Crippen molar-refractivity contribution in [2.24, 2.45) is 5.10 Å². The van der Waals surface area contributed by atoms with Crippen molar-refractivity contribution in [2.75, 3.05) is 23.3 Å². The summed E-state index contributed by atoms with van der Waals surface area (Å²) in [5.74, 6) is 0. The first kappa shape index (κ1) is 17.9. The van der Waals surface area contributed by atoms with Crippen molar-refractivity contribution in [2.45, 2.75) is 20.8 Å². The summed E-state index contributed by atoms with van der Waals surface area (Å²) in [4.78, 5) is 2.31. The molecule has 0 fully saturated rings. The zero-order valence-electron chi connectivity index (χ0n) is 14.4. The van der Waals surface area contributed by atoms with Crippen molar-refractivity contribution in [1.29, 1.82) is 0 Å². The van der Waals surface area contributed by atoms with Crippen LogP contribution in [0.3, 0.4) is 0 Å². The Balaban J connectivity index is 1.88. The number of hydrogen-bond donors (Lipinski definition) is 2. The first-order chi connectivity index (χ1) is 11.6. The Bertz CT molecular complexity index is 691. The van der Waals surface area contributed by atoms with Gasteiger partial charge in [0.2, 0.25) is 0 Å². The molecule has 0 bridgehead atoms. The highest BCUT2D eigenvalue weighted by atomic mass is 32.1. The fraction of sp³-hybridized carbons (Fsp3) is 0.263. The van der Waals surface area contributed by atoms with E-state index >= 15 is 0 Å². The lowest BCUT2D eigenvalue weighted by Crippen LogP contribution is -2.23. The summed E-state index contributed by atoms with van der Waals surface area (Å²) < 4.78 is 0. The lowest BCUT2D eigenvalue weighted by atomic mass is 10.2. The van der Waals surface area contributed by atoms with Crippen molar-refractivity contribution >= 4 is 34.9 Å². The van der Waals surface area contributed by atoms with E-state index in [0.717, 1.165) is 24.3 Å². The molecule has 0 heterocycles. The van der Waals surface area contributed by atoms with Crippen LogP contribution in [0.1, 0.15) is 25.0 Å². The number of anilines is 2. The zero-order valence-corrected chi connectivity index (χ0v) is 15.2. The largest absolute Gasteiger partial charge is 0.372 e. The lowest BCUT2D eigenvalue weighted by molar-refractivity contribution is 0.866. The topological polar surface area (TPSA) is 39.7 Å². The second-order valence-corrected chi connectivity index (χ2v) is 5.87. The molecule has 0 spiro atoms. The molecule has 0 aliphatic heterocycles. The molecule has 0 aliphatic carbocycles. The summed E-state index contributed by atoms with van der Waals surface area (Å²) in [5, 5.41) is 7.76. The Kier molecular flexibility index (Phi) is 6.75. The van der Waals surface area contributed by atoms with E-state index in [4.69, 9.17) is 12.2 Å². The molecule has 24 heavy (non-hydrogen) atoms. The van der Waals surface area contributed by atoms with Crippen molar-refractivity contribution < 1.29 is 0 Å². The highest BCUT2D eigenvalue weighted by Gasteiger charge is 2.00. The average Bonchev–Trinajstić information content (AvgIpc) is 2.57. The van der Waals surface area contributed by atoms with Crippen LogP contribution in [0.25, 0.3) is 0 Å². The Labute approximate surface area is 149 Å². The number of nitrogens with one attached hydrogen (secondary N) is 2. The van der Waals surface area contributed by atoms with Gasteiger partial charge in [-0.25, -0.2) is 0 Å². The molecular weight excluding hydrogens is 316 g/mol. The van der Waals surface area contributed by atoms with Gasteiger partial charge in [-0.2, -0.15) is 5.10 Å². The summed E-state index contributed by atoms with van der Waals surface area (Å²) in [7, 11) is 0. The molecule has 0 aromatic heterocycles. The standard InChI is InChI=1S/C19H24N4S/c1-4-23(5-2)18-11-9-16(10-12-18)14-20-22-19(24)21-17-8-6-7-15(3)13-17/h6-14H,4-5H2,1-3H3,(H2,21,22,24). The Morgan fingerprint density at radius 1 is 1.12 bits per heavy atom. The quantitative estimate of drug-likeness (QED) is 0.470. The molecule has 0 amide bonds. The maximum atomic E-state index is 5.24. The van der Waals surface area contributed by atoms with Crippen molar-refractivity contribution in [1.82, 2.24) is 5.43 Å². The molecule has 0 aliphatic rings. The van der Waals surface area contributed by atoms with Gasteiger partial charge in [-0.05, 0) is 68.4 Å². The highest BCUT2D eigenvalue weighted by Crippen LogP contribution is 2.14. The fourth-order valence-corrected chi connectivity index (χ4v) is 2.58. The average molecular weight is 340 g/mol. The van der Waals surface area contributed by atoms with Crippen LogP contribution < -0.4 is 15.6 Å². The first-order valence-corrected chi connectivity index (χ1v) is 8.55. The van der Waals surface area contributed by atoms with E-state index in [0.29, 0.717) is 5.11 Å². The number of thiocarbonyl (C=S) groups is 1. The molecule has 0 atom stereocenters. The number of hydrazone groups is 1. The van der Waals surface area contributed by atoms with Crippen LogP contribution in [0.15, 0.2) is 53.6 Å². The molecule has 0 saturated heterocycles. The van der Waals surface area contributed by atoms with Crippen molar-refractivity contribution in [3.63, 3.8) is 0 Å². The SMILES string of the molecule is CCN(CC)c1ccc(C=NNC(=S)Nc2cccc(C)c2)cc1. The molecule has 126 valence electrons. The maximum Gasteiger partial charge on any atom is 0.191 e. The van der Waals surface area contributed by atoms with Crippen LogP contribution in [-0.2, 0) is 0 Å². The molecule has 4 nitrogen and oxygen atoms in total. The smallest absolute Gasteiger partial charge is 0.191 e. The summed E-state index contributed by atoms with van der Waals surface area (Å²) in [6, 6.07) is 16.4. The molecule has 0 radical (unpaired) electrons. The Morgan fingerprint density at radius 3 is 2.46 bits per heavy atom. The number of benzene rings is 2. The fourth-order valence-electron chi connectivity index (χ4n) is 2.41. The van der Waals surface area contributed by atoms with Gasteiger partial charge in [0, 0.05) is 24.5 Å². The lowest BCUT2D eigenvalue weighted by Gasteiger charge is -2.20. The highest BCUT2D eigenvalue weighted by molar-refractivity contribution is 7.80. The third-order valence-corrected chi connectivity index (χ3v) is 3.87. The molecular formula is C19H24N4S. The third kappa shape index (κ3) is 5.35. The Morgan fingerprint density at radius 2 is 1.83 bits per heavy atom. The normalized spacial score (nSPS) is 10.6. The van der Waals surface area contributed by atoms with Crippen LogP contribution in [0.2, 0.25) is 0 Å². The van der Waals surface area contributed by atoms with E-state index in [1.807, 2.05) is 31.2 Å². The van der Waals surface area contributed by atoms with Crippen LogP contribution in [-0.4, -0.2) is 24.4 Å². The van der Waals surface area contributed by atoms with Gasteiger partial charge in [0.15, 0.2) is 5.11 Å². The Hall–Kier alpha value is -2.40. The van der Waals surface area contributed by atoms with Gasteiger partial charge < -0.3 is 10.2 Å². The van der Waals surface area contributed by atoms with Crippen molar-refractivity contribution in [3.05, 3.63) is 59.7 Å². The zero-order chi connectivity index (χ0) is 17.4. The molecule has 2 aromatic carbocycles. The number of nitrogens with zero attached hydrogens (tertiary/aromatic N) is 2. The van der Waals surface area contributed by atoms with E-state index in [9.17, 15) is 0 Å². The summed E-state index contributed by atoms with van der Waals surface area (Å²) in [6.07, 6.45) is 1.76. The van der Waals surface area contributed by atoms with E-state index in [1.54, 1.807) is 6.21 Å². The molecule has 2 N–H and O–H groups in total. The second-order valence-electron chi connectivity index (χ2n) is 5.46. The molecule has 0 saturated carbocycles. The van der Waals surface area contributed by atoms with E-state index in [2.05, 4.69) is 58.9 Å². The maximum absolute atomic E-state index is 5.24. The number of hydrogen-bond acceptors (Lipinski definition) is 3. The van der Waals surface area contributed by atoms with Gasteiger partial charge in [0.1, 0.15) is 0 Å². The minimum atomic E-state index is 0.469. The minimum Gasteiger partial charge on any atom is -0.372 e. The summed E-state index contributed by atoms with van der Waals surface area (Å²) >= 11 is 5.24. The van der Waals surface area contributed by atoms with E-state index < -0.39 is 0 Å². The van der Waals surface area contributed by atoms with Crippen LogP contribution in [0.5, 0.6) is 0 Å². The molecule has 0 unspecified atom stereocenters. The van der Waals surface area contributed by atoms with Gasteiger partial charge in [-0.3, -0.25) is 5.43 Å². The molecule has 5 heteroatoms. The molecule has 2 aromatic rings.